The number of urea groups is 1. The predicted octanol–water partition coefficient (Wildman–Crippen LogP) is 0.875. The molecule has 3 amide bonds. The molecule has 7 nitrogen and oxygen atoms in total. The number of aliphatic carboxylic acids is 1. The Bertz CT molecular complexity index is 541. The number of benzene rings is 1. The van der Waals surface area contributed by atoms with E-state index in [9.17, 15) is 14.4 Å². The first-order valence-electron chi connectivity index (χ1n) is 6.18. The lowest BCUT2D eigenvalue weighted by Gasteiger charge is -2.15. The molecule has 1 aliphatic heterocycles. The average molecular weight is 277 g/mol. The molecule has 0 saturated carbocycles. The van der Waals surface area contributed by atoms with Crippen molar-refractivity contribution in [3.8, 4) is 0 Å². The zero-order valence-corrected chi connectivity index (χ0v) is 10.9. The molecule has 1 aromatic rings. The summed E-state index contributed by atoms with van der Waals surface area (Å²) in [5.74, 6) is -2.86. The lowest BCUT2D eigenvalue weighted by molar-refractivity contribution is -0.144. The highest BCUT2D eigenvalue weighted by Gasteiger charge is 2.22. The SMILES string of the molecule is CC(C(=O)O)C(=O)Nc1ccc(N2CCNC2=O)cc1. The van der Waals surface area contributed by atoms with Gasteiger partial charge in [-0.05, 0) is 31.2 Å². The largest absolute Gasteiger partial charge is 0.481 e. The molecule has 1 unspecified atom stereocenters. The van der Waals surface area contributed by atoms with Crippen LogP contribution in [-0.2, 0) is 9.59 Å². The molecule has 2 rings (SSSR count). The van der Waals surface area contributed by atoms with Crippen LogP contribution in [0.3, 0.4) is 0 Å². The molecule has 1 atom stereocenters. The van der Waals surface area contributed by atoms with Crippen molar-refractivity contribution in [2.45, 2.75) is 6.92 Å². The number of hydrogen-bond acceptors (Lipinski definition) is 3. The van der Waals surface area contributed by atoms with Gasteiger partial charge in [0, 0.05) is 24.5 Å². The van der Waals surface area contributed by atoms with Gasteiger partial charge in [-0.2, -0.15) is 0 Å². The minimum absolute atomic E-state index is 0.152. The minimum atomic E-state index is -1.17. The van der Waals surface area contributed by atoms with Gasteiger partial charge in [-0.25, -0.2) is 4.79 Å². The molecule has 106 valence electrons. The Balaban J connectivity index is 2.03. The maximum absolute atomic E-state index is 11.6. The number of carbonyl (C=O) groups is 3. The first-order valence-corrected chi connectivity index (χ1v) is 6.18. The lowest BCUT2D eigenvalue weighted by Crippen LogP contribution is -2.28. The van der Waals surface area contributed by atoms with E-state index in [0.717, 1.165) is 5.69 Å². The van der Waals surface area contributed by atoms with Gasteiger partial charge in [0.25, 0.3) is 0 Å². The standard InChI is InChI=1S/C13H15N3O4/c1-8(12(18)19)11(17)15-9-2-4-10(5-3-9)16-7-6-14-13(16)20/h2-5,8H,6-7H2,1H3,(H,14,20)(H,15,17)(H,18,19). The van der Waals surface area contributed by atoms with E-state index < -0.39 is 17.8 Å². The summed E-state index contributed by atoms with van der Waals surface area (Å²) in [6, 6.07) is 6.51. The average Bonchev–Trinajstić information content (AvgIpc) is 2.85. The predicted molar refractivity (Wildman–Crippen MR) is 72.6 cm³/mol. The number of carbonyl (C=O) groups excluding carboxylic acids is 2. The van der Waals surface area contributed by atoms with Crippen LogP contribution in [0, 0.1) is 5.92 Å². The van der Waals surface area contributed by atoms with Crippen LogP contribution in [0.1, 0.15) is 6.92 Å². The van der Waals surface area contributed by atoms with Crippen LogP contribution in [0.2, 0.25) is 0 Å². The fourth-order valence-electron chi connectivity index (χ4n) is 1.81. The fraction of sp³-hybridized carbons (Fsp3) is 0.308. The number of carboxylic acid groups (broad SMARTS) is 1. The first-order chi connectivity index (χ1) is 9.49. The number of anilines is 2. The molecule has 0 spiro atoms. The Hall–Kier alpha value is -2.57. The number of rotatable bonds is 4. The topological polar surface area (TPSA) is 98.7 Å². The lowest BCUT2D eigenvalue weighted by atomic mass is 10.1. The monoisotopic (exact) mass is 277 g/mol. The summed E-state index contributed by atoms with van der Waals surface area (Å²) >= 11 is 0. The molecular weight excluding hydrogens is 262 g/mol. The van der Waals surface area contributed by atoms with Crippen LogP contribution in [0.25, 0.3) is 0 Å². The highest BCUT2D eigenvalue weighted by atomic mass is 16.4. The summed E-state index contributed by atoms with van der Waals surface area (Å²) in [6.07, 6.45) is 0. The Morgan fingerprint density at radius 3 is 2.50 bits per heavy atom. The van der Waals surface area contributed by atoms with Crippen molar-refractivity contribution in [3.63, 3.8) is 0 Å². The molecule has 1 saturated heterocycles. The molecule has 7 heteroatoms. The van der Waals surface area contributed by atoms with Crippen molar-refractivity contribution in [1.29, 1.82) is 0 Å². The second kappa shape index (κ2) is 5.60. The summed E-state index contributed by atoms with van der Waals surface area (Å²) in [7, 11) is 0. The summed E-state index contributed by atoms with van der Waals surface area (Å²) in [5.41, 5.74) is 1.22. The van der Waals surface area contributed by atoms with Gasteiger partial charge in [0.15, 0.2) is 0 Å². The van der Waals surface area contributed by atoms with E-state index in [4.69, 9.17) is 5.11 Å². The highest BCUT2D eigenvalue weighted by Crippen LogP contribution is 2.19. The third kappa shape index (κ3) is 2.87. The Morgan fingerprint density at radius 2 is 2.00 bits per heavy atom. The van der Waals surface area contributed by atoms with E-state index in [-0.39, 0.29) is 6.03 Å². The summed E-state index contributed by atoms with van der Waals surface area (Å²) in [5, 5.41) is 13.9. The second-order valence-electron chi connectivity index (χ2n) is 4.48. The van der Waals surface area contributed by atoms with Crippen molar-refractivity contribution in [3.05, 3.63) is 24.3 Å². The molecule has 1 aliphatic rings. The van der Waals surface area contributed by atoms with E-state index in [0.29, 0.717) is 18.8 Å². The Kier molecular flexibility index (Phi) is 3.88. The maximum atomic E-state index is 11.6. The van der Waals surface area contributed by atoms with Gasteiger partial charge in [-0.3, -0.25) is 14.5 Å². The molecule has 3 N–H and O–H groups in total. The van der Waals surface area contributed by atoms with Crippen molar-refractivity contribution < 1.29 is 19.5 Å². The van der Waals surface area contributed by atoms with Crippen LogP contribution >= 0.6 is 0 Å². The number of hydrogen-bond donors (Lipinski definition) is 3. The van der Waals surface area contributed by atoms with E-state index >= 15 is 0 Å². The maximum Gasteiger partial charge on any atom is 0.321 e. The van der Waals surface area contributed by atoms with Crippen molar-refractivity contribution in [2.24, 2.45) is 5.92 Å². The molecule has 1 aromatic carbocycles. The van der Waals surface area contributed by atoms with Crippen molar-refractivity contribution >= 4 is 29.3 Å². The van der Waals surface area contributed by atoms with E-state index in [1.807, 2.05) is 0 Å². The number of nitrogens with zero attached hydrogens (tertiary/aromatic N) is 1. The normalized spacial score (nSPS) is 15.7. The molecule has 0 aromatic heterocycles. The zero-order valence-electron chi connectivity index (χ0n) is 10.9. The number of carboxylic acids is 1. The molecule has 0 radical (unpaired) electrons. The Labute approximate surface area is 115 Å². The highest BCUT2D eigenvalue weighted by molar-refractivity contribution is 6.04. The molecule has 0 bridgehead atoms. The van der Waals surface area contributed by atoms with Gasteiger partial charge in [-0.1, -0.05) is 0 Å². The summed E-state index contributed by atoms with van der Waals surface area (Å²) < 4.78 is 0. The quantitative estimate of drug-likeness (QED) is 0.711. The van der Waals surface area contributed by atoms with Gasteiger partial charge in [0.05, 0.1) is 0 Å². The zero-order chi connectivity index (χ0) is 14.7. The summed E-state index contributed by atoms with van der Waals surface area (Å²) in [6.45, 7) is 2.52. The van der Waals surface area contributed by atoms with Gasteiger partial charge < -0.3 is 15.7 Å². The van der Waals surface area contributed by atoms with Crippen LogP contribution in [-0.4, -0.2) is 36.1 Å². The van der Waals surface area contributed by atoms with E-state index in [1.54, 1.807) is 29.2 Å². The van der Waals surface area contributed by atoms with E-state index in [2.05, 4.69) is 10.6 Å². The summed E-state index contributed by atoms with van der Waals surface area (Å²) in [4.78, 5) is 35.3. The minimum Gasteiger partial charge on any atom is -0.481 e. The van der Waals surface area contributed by atoms with Crippen molar-refractivity contribution in [1.82, 2.24) is 5.32 Å². The molecular formula is C13H15N3O4. The third-order valence-electron chi connectivity index (χ3n) is 3.07. The molecule has 1 fully saturated rings. The van der Waals surface area contributed by atoms with E-state index in [1.165, 1.54) is 6.92 Å². The molecule has 20 heavy (non-hydrogen) atoms. The van der Waals surface area contributed by atoms with Crippen LogP contribution < -0.4 is 15.5 Å². The van der Waals surface area contributed by atoms with Crippen LogP contribution in [0.5, 0.6) is 0 Å². The number of amides is 3. The van der Waals surface area contributed by atoms with Gasteiger partial charge in [0.2, 0.25) is 5.91 Å². The fourth-order valence-corrected chi connectivity index (χ4v) is 1.81. The third-order valence-corrected chi connectivity index (χ3v) is 3.07. The van der Waals surface area contributed by atoms with Crippen LogP contribution in [0.4, 0.5) is 16.2 Å². The molecule has 0 aliphatic carbocycles. The van der Waals surface area contributed by atoms with Crippen molar-refractivity contribution in [2.75, 3.05) is 23.3 Å². The molecule has 1 heterocycles. The van der Waals surface area contributed by atoms with Gasteiger partial charge in [0.1, 0.15) is 5.92 Å². The smallest absolute Gasteiger partial charge is 0.321 e. The first kappa shape index (κ1) is 13.9. The second-order valence-corrected chi connectivity index (χ2v) is 4.48. The Morgan fingerprint density at radius 1 is 1.35 bits per heavy atom. The van der Waals surface area contributed by atoms with Gasteiger partial charge in [-0.15, -0.1) is 0 Å². The van der Waals surface area contributed by atoms with Crippen LogP contribution in [0.15, 0.2) is 24.3 Å². The van der Waals surface area contributed by atoms with Gasteiger partial charge >= 0.3 is 12.0 Å². The number of nitrogens with one attached hydrogen (secondary N) is 2.